The summed E-state index contributed by atoms with van der Waals surface area (Å²) in [6.45, 7) is 4.46. The van der Waals surface area contributed by atoms with E-state index in [-0.39, 0.29) is 18.0 Å². The van der Waals surface area contributed by atoms with E-state index in [1.54, 1.807) is 0 Å². The number of likely N-dealkylation sites (N-methyl/N-ethyl adjacent to an activating group) is 1. The topological polar surface area (TPSA) is 72.9 Å². The van der Waals surface area contributed by atoms with E-state index in [2.05, 4.69) is 24.2 Å². The van der Waals surface area contributed by atoms with Gasteiger partial charge >= 0.3 is 12.0 Å². The van der Waals surface area contributed by atoms with Crippen molar-refractivity contribution in [2.45, 2.75) is 38.3 Å². The van der Waals surface area contributed by atoms with Gasteiger partial charge in [-0.1, -0.05) is 0 Å². The number of hydrogen-bond acceptors (Lipinski definition) is 3. The number of carbonyl (C=O) groups is 2. The van der Waals surface area contributed by atoms with E-state index >= 15 is 0 Å². The zero-order chi connectivity index (χ0) is 14.0. The standard InChI is InChI=1S/C13H23N3O3/c1-9-8-16(6-5-15(9)2)13(19)14-11-4-3-10(7-11)12(17)18/h9-11H,3-8H2,1-2H3,(H,14,19)(H,17,18)/t9?,10-,11+/m1/s1. The molecule has 2 amide bonds. The van der Waals surface area contributed by atoms with E-state index in [0.29, 0.717) is 18.9 Å². The summed E-state index contributed by atoms with van der Waals surface area (Å²) in [5.74, 6) is -1.04. The van der Waals surface area contributed by atoms with Crippen molar-refractivity contribution in [1.29, 1.82) is 0 Å². The second kappa shape index (κ2) is 5.77. The Morgan fingerprint density at radius 1 is 1.26 bits per heavy atom. The minimum absolute atomic E-state index is 0.0172. The zero-order valence-corrected chi connectivity index (χ0v) is 11.6. The van der Waals surface area contributed by atoms with Crippen molar-refractivity contribution in [2.75, 3.05) is 26.7 Å². The molecule has 0 radical (unpaired) electrons. The first-order valence-electron chi connectivity index (χ1n) is 6.96. The molecular weight excluding hydrogens is 246 g/mol. The molecule has 1 heterocycles. The number of amides is 2. The summed E-state index contributed by atoms with van der Waals surface area (Å²) in [5, 5.41) is 11.9. The fourth-order valence-corrected chi connectivity index (χ4v) is 2.84. The maximum absolute atomic E-state index is 12.1. The first-order valence-corrected chi connectivity index (χ1v) is 6.96. The number of piperazine rings is 1. The molecule has 2 N–H and O–H groups in total. The molecule has 0 spiro atoms. The zero-order valence-electron chi connectivity index (χ0n) is 11.6. The van der Waals surface area contributed by atoms with Crippen LogP contribution >= 0.6 is 0 Å². The highest BCUT2D eigenvalue weighted by molar-refractivity contribution is 5.75. The number of aliphatic carboxylic acids is 1. The van der Waals surface area contributed by atoms with Gasteiger partial charge in [0.05, 0.1) is 5.92 Å². The van der Waals surface area contributed by atoms with Gasteiger partial charge in [-0.3, -0.25) is 4.79 Å². The maximum atomic E-state index is 12.1. The van der Waals surface area contributed by atoms with Gasteiger partial charge < -0.3 is 20.2 Å². The van der Waals surface area contributed by atoms with Crippen molar-refractivity contribution in [3.8, 4) is 0 Å². The van der Waals surface area contributed by atoms with E-state index in [1.165, 1.54) is 0 Å². The van der Waals surface area contributed by atoms with E-state index < -0.39 is 5.97 Å². The molecule has 19 heavy (non-hydrogen) atoms. The summed E-state index contributed by atoms with van der Waals surface area (Å²) < 4.78 is 0. The average molecular weight is 269 g/mol. The average Bonchev–Trinajstić information content (AvgIpc) is 2.81. The first kappa shape index (κ1) is 14.1. The lowest BCUT2D eigenvalue weighted by Crippen LogP contribution is -2.55. The van der Waals surface area contributed by atoms with Crippen molar-refractivity contribution in [3.63, 3.8) is 0 Å². The number of urea groups is 1. The van der Waals surface area contributed by atoms with Gasteiger partial charge in [0.1, 0.15) is 0 Å². The number of carboxylic acids is 1. The van der Waals surface area contributed by atoms with Crippen LogP contribution in [-0.2, 0) is 4.79 Å². The van der Waals surface area contributed by atoms with Gasteiger partial charge in [-0.15, -0.1) is 0 Å². The van der Waals surface area contributed by atoms with Crippen molar-refractivity contribution in [3.05, 3.63) is 0 Å². The van der Waals surface area contributed by atoms with Gasteiger partial charge in [0.2, 0.25) is 0 Å². The van der Waals surface area contributed by atoms with Gasteiger partial charge in [-0.05, 0) is 33.2 Å². The Labute approximate surface area is 113 Å². The van der Waals surface area contributed by atoms with Crippen LogP contribution in [0.3, 0.4) is 0 Å². The Morgan fingerprint density at radius 2 is 2.00 bits per heavy atom. The maximum Gasteiger partial charge on any atom is 0.317 e. The second-order valence-corrected chi connectivity index (χ2v) is 5.77. The van der Waals surface area contributed by atoms with Crippen LogP contribution in [0.4, 0.5) is 4.79 Å². The molecule has 6 nitrogen and oxygen atoms in total. The molecule has 1 saturated heterocycles. The summed E-state index contributed by atoms with van der Waals surface area (Å²) in [5.41, 5.74) is 0. The molecule has 2 aliphatic rings. The number of hydrogen-bond donors (Lipinski definition) is 2. The summed E-state index contributed by atoms with van der Waals surface area (Å²) in [6, 6.07) is 0.342. The van der Waals surface area contributed by atoms with Gasteiger partial charge in [0, 0.05) is 31.7 Å². The third-order valence-corrected chi connectivity index (χ3v) is 4.36. The first-order chi connectivity index (χ1) is 8.97. The Morgan fingerprint density at radius 3 is 2.58 bits per heavy atom. The fraction of sp³-hybridized carbons (Fsp3) is 0.846. The highest BCUT2D eigenvalue weighted by atomic mass is 16.4. The summed E-state index contributed by atoms with van der Waals surface area (Å²) in [4.78, 5) is 27.1. The van der Waals surface area contributed by atoms with Gasteiger partial charge in [0.25, 0.3) is 0 Å². The number of rotatable bonds is 2. The predicted octanol–water partition coefficient (Wildman–Crippen LogP) is 0.585. The molecule has 6 heteroatoms. The molecular formula is C13H23N3O3. The highest BCUT2D eigenvalue weighted by Gasteiger charge is 2.32. The fourth-order valence-electron chi connectivity index (χ4n) is 2.84. The number of nitrogens with zero attached hydrogens (tertiary/aromatic N) is 2. The molecule has 1 aliphatic carbocycles. The Kier molecular flexibility index (Phi) is 4.29. The Hall–Kier alpha value is -1.30. The third-order valence-electron chi connectivity index (χ3n) is 4.36. The van der Waals surface area contributed by atoms with Crippen LogP contribution in [-0.4, -0.2) is 65.7 Å². The molecule has 1 saturated carbocycles. The molecule has 0 aromatic rings. The van der Waals surface area contributed by atoms with Crippen molar-refractivity contribution in [1.82, 2.24) is 15.1 Å². The van der Waals surface area contributed by atoms with Gasteiger partial charge in [-0.25, -0.2) is 4.79 Å². The molecule has 1 aliphatic heterocycles. The van der Waals surface area contributed by atoms with Crippen LogP contribution in [0.5, 0.6) is 0 Å². The molecule has 108 valence electrons. The van der Waals surface area contributed by atoms with Crippen molar-refractivity contribution >= 4 is 12.0 Å². The lowest BCUT2D eigenvalue weighted by atomic mass is 10.1. The molecule has 0 aromatic heterocycles. The van der Waals surface area contributed by atoms with Crippen LogP contribution in [0.25, 0.3) is 0 Å². The lowest BCUT2D eigenvalue weighted by molar-refractivity contribution is -0.141. The third kappa shape index (κ3) is 3.37. The van der Waals surface area contributed by atoms with Gasteiger partial charge in [-0.2, -0.15) is 0 Å². The predicted molar refractivity (Wildman–Crippen MR) is 71.0 cm³/mol. The lowest BCUT2D eigenvalue weighted by Gasteiger charge is -2.38. The van der Waals surface area contributed by atoms with E-state index in [4.69, 9.17) is 5.11 Å². The van der Waals surface area contributed by atoms with Crippen LogP contribution in [0.2, 0.25) is 0 Å². The van der Waals surface area contributed by atoms with Crippen LogP contribution in [0.1, 0.15) is 26.2 Å². The van der Waals surface area contributed by atoms with Crippen LogP contribution in [0.15, 0.2) is 0 Å². The summed E-state index contributed by atoms with van der Waals surface area (Å²) >= 11 is 0. The SMILES string of the molecule is CC1CN(C(=O)N[C@H]2CC[C@@H](C(=O)O)C2)CCN1C. The summed E-state index contributed by atoms with van der Waals surface area (Å²) in [6.07, 6.45) is 2.00. The molecule has 0 aromatic carbocycles. The molecule has 1 unspecified atom stereocenters. The number of carboxylic acid groups (broad SMARTS) is 1. The molecule has 2 rings (SSSR count). The van der Waals surface area contributed by atoms with Gasteiger partial charge in [0.15, 0.2) is 0 Å². The van der Waals surface area contributed by atoms with E-state index in [1.807, 2.05) is 4.90 Å². The highest BCUT2D eigenvalue weighted by Crippen LogP contribution is 2.25. The number of carbonyl (C=O) groups excluding carboxylic acids is 1. The smallest absolute Gasteiger partial charge is 0.317 e. The van der Waals surface area contributed by atoms with Crippen LogP contribution in [0, 0.1) is 5.92 Å². The normalized spacial score (nSPS) is 32.3. The minimum atomic E-state index is -0.745. The number of nitrogens with one attached hydrogen (secondary N) is 1. The van der Waals surface area contributed by atoms with Crippen molar-refractivity contribution < 1.29 is 14.7 Å². The monoisotopic (exact) mass is 269 g/mol. The molecule has 2 fully saturated rings. The Balaban J connectivity index is 1.80. The molecule has 3 atom stereocenters. The van der Waals surface area contributed by atoms with Crippen molar-refractivity contribution in [2.24, 2.45) is 5.92 Å². The largest absolute Gasteiger partial charge is 0.481 e. The van der Waals surface area contributed by atoms with E-state index in [0.717, 1.165) is 26.1 Å². The minimum Gasteiger partial charge on any atom is -0.481 e. The molecule has 0 bridgehead atoms. The second-order valence-electron chi connectivity index (χ2n) is 5.77. The Bertz CT molecular complexity index is 361. The van der Waals surface area contributed by atoms with Crippen LogP contribution < -0.4 is 5.32 Å². The van der Waals surface area contributed by atoms with E-state index in [9.17, 15) is 9.59 Å². The quantitative estimate of drug-likeness (QED) is 0.769. The summed E-state index contributed by atoms with van der Waals surface area (Å²) in [7, 11) is 2.06.